The molecule has 5 heteroatoms. The second kappa shape index (κ2) is 6.31. The van der Waals surface area contributed by atoms with Crippen molar-refractivity contribution in [3.63, 3.8) is 0 Å². The van der Waals surface area contributed by atoms with Gasteiger partial charge in [0.05, 0.1) is 6.54 Å². The van der Waals surface area contributed by atoms with Crippen LogP contribution in [0.2, 0.25) is 0 Å². The van der Waals surface area contributed by atoms with E-state index in [1.54, 1.807) is 20.8 Å². The molecular formula is C14H18FNO3. The topological polar surface area (TPSA) is 55.4 Å². The highest BCUT2D eigenvalue weighted by Gasteiger charge is 2.17. The Balaban J connectivity index is 2.48. The van der Waals surface area contributed by atoms with Crippen molar-refractivity contribution in [1.82, 2.24) is 5.32 Å². The van der Waals surface area contributed by atoms with Crippen molar-refractivity contribution < 1.29 is 18.7 Å². The molecule has 0 heterocycles. The molecule has 0 bridgehead atoms. The molecule has 1 rings (SSSR count). The molecule has 4 nitrogen and oxygen atoms in total. The van der Waals surface area contributed by atoms with Gasteiger partial charge in [0.1, 0.15) is 18.1 Å². The molecule has 0 fully saturated rings. The first-order valence-electron chi connectivity index (χ1n) is 5.98. The fourth-order valence-corrected chi connectivity index (χ4v) is 1.39. The lowest BCUT2D eigenvalue weighted by molar-refractivity contribution is 0.0513. The van der Waals surface area contributed by atoms with Crippen LogP contribution in [0.4, 0.5) is 9.18 Å². The average Bonchev–Trinajstić information content (AvgIpc) is 2.34. The first kappa shape index (κ1) is 15.1. The number of ether oxygens (including phenoxy) is 1. The molecule has 104 valence electrons. The summed E-state index contributed by atoms with van der Waals surface area (Å²) in [6, 6.07) is 6.10. The van der Waals surface area contributed by atoms with Gasteiger partial charge in [-0.3, -0.25) is 4.79 Å². The molecule has 0 spiro atoms. The lowest BCUT2D eigenvalue weighted by Crippen LogP contribution is -2.34. The van der Waals surface area contributed by atoms with Gasteiger partial charge in [-0.05, 0) is 26.3 Å². The van der Waals surface area contributed by atoms with E-state index >= 15 is 0 Å². The van der Waals surface area contributed by atoms with Gasteiger partial charge in [0.2, 0.25) is 0 Å². The quantitative estimate of drug-likeness (QED) is 0.853. The molecule has 1 atom stereocenters. The van der Waals surface area contributed by atoms with Crippen molar-refractivity contribution in [3.8, 4) is 0 Å². The number of hydrogen-bond acceptors (Lipinski definition) is 3. The monoisotopic (exact) mass is 267 g/mol. The van der Waals surface area contributed by atoms with Crippen molar-refractivity contribution >= 4 is 12.4 Å². The zero-order chi connectivity index (χ0) is 14.5. The summed E-state index contributed by atoms with van der Waals surface area (Å²) in [5.41, 5.74) is 0.277. The van der Waals surface area contributed by atoms with Gasteiger partial charge in [0.25, 0.3) is 0 Å². The van der Waals surface area contributed by atoms with Gasteiger partial charge >= 0.3 is 6.09 Å². The lowest BCUT2D eigenvalue weighted by atomic mass is 10.1. The van der Waals surface area contributed by atoms with Crippen molar-refractivity contribution in [3.05, 3.63) is 35.4 Å². The van der Waals surface area contributed by atoms with E-state index < -0.39 is 17.9 Å². The number of hydrogen-bond donors (Lipinski definition) is 1. The van der Waals surface area contributed by atoms with Gasteiger partial charge in [0.15, 0.2) is 0 Å². The van der Waals surface area contributed by atoms with Crippen LogP contribution in [-0.4, -0.2) is 24.5 Å². The predicted molar refractivity (Wildman–Crippen MR) is 69.9 cm³/mol. The van der Waals surface area contributed by atoms with E-state index in [1.807, 2.05) is 0 Å². The van der Waals surface area contributed by atoms with Crippen LogP contribution in [0.3, 0.4) is 0 Å². The highest BCUT2D eigenvalue weighted by Crippen LogP contribution is 2.17. The molecule has 1 aromatic carbocycles. The van der Waals surface area contributed by atoms with Crippen LogP contribution in [-0.2, 0) is 4.74 Å². The maximum Gasteiger partial charge on any atom is 0.407 e. The van der Waals surface area contributed by atoms with E-state index in [-0.39, 0.29) is 6.54 Å². The van der Waals surface area contributed by atoms with Crippen molar-refractivity contribution in [2.75, 3.05) is 6.54 Å². The summed E-state index contributed by atoms with van der Waals surface area (Å²) in [5, 5.41) is 2.36. The Labute approximate surface area is 112 Å². The van der Waals surface area contributed by atoms with Gasteiger partial charge in [0, 0.05) is 5.56 Å². The van der Waals surface area contributed by atoms with E-state index in [0.717, 1.165) is 0 Å². The number of rotatable bonds is 4. The second-order valence-corrected chi connectivity index (χ2v) is 5.13. The SMILES string of the molecule is CC(C)(C)OC(=O)NCC(F)c1ccc(C=O)cc1. The maximum absolute atomic E-state index is 13.8. The average molecular weight is 267 g/mol. The highest BCUT2D eigenvalue weighted by molar-refractivity contribution is 5.74. The molecule has 19 heavy (non-hydrogen) atoms. The molecule has 0 aromatic heterocycles. The largest absolute Gasteiger partial charge is 0.444 e. The van der Waals surface area contributed by atoms with Crippen molar-refractivity contribution in [2.24, 2.45) is 0 Å². The third-order valence-electron chi connectivity index (χ3n) is 2.26. The van der Waals surface area contributed by atoms with Gasteiger partial charge < -0.3 is 10.1 Å². The minimum absolute atomic E-state index is 0.171. The molecule has 0 aliphatic carbocycles. The summed E-state index contributed by atoms with van der Waals surface area (Å²) in [4.78, 5) is 21.8. The van der Waals surface area contributed by atoms with Gasteiger partial charge in [-0.2, -0.15) is 0 Å². The van der Waals surface area contributed by atoms with E-state index in [1.165, 1.54) is 24.3 Å². The fourth-order valence-electron chi connectivity index (χ4n) is 1.39. The number of alkyl carbamates (subject to hydrolysis) is 1. The van der Waals surface area contributed by atoms with E-state index in [2.05, 4.69) is 5.32 Å². The van der Waals surface area contributed by atoms with E-state index in [9.17, 15) is 14.0 Å². The number of benzene rings is 1. The second-order valence-electron chi connectivity index (χ2n) is 5.13. The molecule has 0 aliphatic rings. The minimum atomic E-state index is -1.34. The van der Waals surface area contributed by atoms with Crippen molar-refractivity contribution in [2.45, 2.75) is 32.5 Å². The smallest absolute Gasteiger partial charge is 0.407 e. The number of halogens is 1. The van der Waals surface area contributed by atoms with Crippen LogP contribution in [0.15, 0.2) is 24.3 Å². The number of aldehydes is 1. The Morgan fingerprint density at radius 1 is 1.37 bits per heavy atom. The number of carbonyl (C=O) groups excluding carboxylic acids is 2. The zero-order valence-corrected chi connectivity index (χ0v) is 11.3. The Morgan fingerprint density at radius 2 is 1.95 bits per heavy atom. The molecule has 1 N–H and O–H groups in total. The summed E-state index contributed by atoms with van der Waals surface area (Å²) in [7, 11) is 0. The van der Waals surface area contributed by atoms with Crippen LogP contribution in [0.1, 0.15) is 42.9 Å². The molecule has 0 saturated carbocycles. The Hall–Kier alpha value is -1.91. The number of amides is 1. The van der Waals surface area contributed by atoms with E-state index in [4.69, 9.17) is 4.74 Å². The molecule has 1 aromatic rings. The third-order valence-corrected chi connectivity index (χ3v) is 2.26. The number of carbonyl (C=O) groups is 2. The molecule has 1 unspecified atom stereocenters. The summed E-state index contributed by atoms with van der Waals surface area (Å²) in [6.45, 7) is 5.03. The first-order chi connectivity index (χ1) is 8.81. The van der Waals surface area contributed by atoms with Crippen LogP contribution in [0.5, 0.6) is 0 Å². The Morgan fingerprint density at radius 3 is 2.42 bits per heavy atom. The molecule has 0 radical (unpaired) electrons. The normalized spacial score (nSPS) is 12.6. The number of alkyl halides is 1. The van der Waals surface area contributed by atoms with Crippen LogP contribution in [0, 0.1) is 0 Å². The fraction of sp³-hybridized carbons (Fsp3) is 0.429. The van der Waals surface area contributed by atoms with Crippen LogP contribution >= 0.6 is 0 Å². The zero-order valence-electron chi connectivity index (χ0n) is 11.3. The molecule has 1 amide bonds. The first-order valence-corrected chi connectivity index (χ1v) is 5.98. The van der Waals surface area contributed by atoms with Crippen LogP contribution in [0.25, 0.3) is 0 Å². The molecule has 0 saturated heterocycles. The summed E-state index contributed by atoms with van der Waals surface area (Å²) in [6.07, 6.45) is -1.30. The summed E-state index contributed by atoms with van der Waals surface area (Å²) >= 11 is 0. The van der Waals surface area contributed by atoms with Gasteiger partial charge in [-0.1, -0.05) is 24.3 Å². The maximum atomic E-state index is 13.8. The summed E-state index contributed by atoms with van der Waals surface area (Å²) in [5.74, 6) is 0. The Bertz CT molecular complexity index is 437. The van der Waals surface area contributed by atoms with E-state index in [0.29, 0.717) is 17.4 Å². The molecule has 0 aliphatic heterocycles. The highest BCUT2D eigenvalue weighted by atomic mass is 19.1. The predicted octanol–water partition coefficient (Wildman–Crippen LogP) is 3.03. The lowest BCUT2D eigenvalue weighted by Gasteiger charge is -2.20. The minimum Gasteiger partial charge on any atom is -0.444 e. The van der Waals surface area contributed by atoms with Crippen molar-refractivity contribution in [1.29, 1.82) is 0 Å². The third kappa shape index (κ3) is 5.50. The molecular weight excluding hydrogens is 249 g/mol. The van der Waals surface area contributed by atoms with Gasteiger partial charge in [-0.15, -0.1) is 0 Å². The number of nitrogens with one attached hydrogen (secondary N) is 1. The standard InChI is InChI=1S/C14H18FNO3/c1-14(2,3)19-13(18)16-8-12(15)11-6-4-10(9-17)5-7-11/h4-7,9,12H,8H2,1-3H3,(H,16,18). The van der Waals surface area contributed by atoms with Crippen LogP contribution < -0.4 is 5.32 Å². The Kier molecular flexibility index (Phi) is 5.03. The summed E-state index contributed by atoms with van der Waals surface area (Å²) < 4.78 is 18.8. The van der Waals surface area contributed by atoms with Gasteiger partial charge in [-0.25, -0.2) is 9.18 Å².